The molecule has 3 nitrogen and oxygen atoms in total. The second kappa shape index (κ2) is 6.52. The van der Waals surface area contributed by atoms with E-state index in [-0.39, 0.29) is 11.7 Å². The fourth-order valence-electron chi connectivity index (χ4n) is 1.57. The van der Waals surface area contributed by atoms with Gasteiger partial charge >= 0.3 is 0 Å². The summed E-state index contributed by atoms with van der Waals surface area (Å²) < 4.78 is 19.0. The number of halogens is 2. The average Bonchev–Trinajstić information content (AvgIpc) is 2.44. The summed E-state index contributed by atoms with van der Waals surface area (Å²) in [7, 11) is 0. The summed E-state index contributed by atoms with van der Waals surface area (Å²) in [5.41, 5.74) is 0.673. The number of hydrogen-bond acceptors (Lipinski definition) is 2. The van der Waals surface area contributed by atoms with Crippen molar-refractivity contribution >= 4 is 27.5 Å². The number of ether oxygens (including phenoxy) is 1. The van der Waals surface area contributed by atoms with Gasteiger partial charge in [-0.15, -0.1) is 0 Å². The van der Waals surface area contributed by atoms with Crippen LogP contribution in [-0.4, -0.2) is 12.0 Å². The van der Waals surface area contributed by atoms with Gasteiger partial charge in [0.15, 0.2) is 6.10 Å². The van der Waals surface area contributed by atoms with E-state index in [1.807, 2.05) is 18.2 Å². The summed E-state index contributed by atoms with van der Waals surface area (Å²) >= 11 is 3.35. The van der Waals surface area contributed by atoms with Gasteiger partial charge in [0.05, 0.1) is 5.69 Å². The second-order valence-electron chi connectivity index (χ2n) is 4.18. The minimum Gasteiger partial charge on any atom is -0.481 e. The Morgan fingerprint density at radius 3 is 2.50 bits per heavy atom. The van der Waals surface area contributed by atoms with E-state index < -0.39 is 6.10 Å². The maximum absolute atomic E-state index is 12.8. The number of carbonyl (C=O) groups excluding carboxylic acids is 1. The molecule has 1 atom stereocenters. The van der Waals surface area contributed by atoms with Gasteiger partial charge in [-0.2, -0.15) is 0 Å². The molecule has 20 heavy (non-hydrogen) atoms. The highest BCUT2D eigenvalue weighted by Gasteiger charge is 2.15. The van der Waals surface area contributed by atoms with Gasteiger partial charge in [0.2, 0.25) is 0 Å². The third-order valence-electron chi connectivity index (χ3n) is 2.63. The van der Waals surface area contributed by atoms with Crippen molar-refractivity contribution in [3.63, 3.8) is 0 Å². The first-order valence-electron chi connectivity index (χ1n) is 6.04. The highest BCUT2D eigenvalue weighted by atomic mass is 79.9. The Morgan fingerprint density at radius 2 is 1.85 bits per heavy atom. The molecule has 0 aromatic heterocycles. The summed E-state index contributed by atoms with van der Waals surface area (Å²) in [6, 6.07) is 12.8. The summed E-state index contributed by atoms with van der Waals surface area (Å²) in [5.74, 6) is -0.176. The largest absolute Gasteiger partial charge is 0.481 e. The number of carbonyl (C=O) groups is 1. The fourth-order valence-corrected chi connectivity index (χ4v) is 1.95. The third kappa shape index (κ3) is 3.81. The molecule has 5 heteroatoms. The predicted octanol–water partition coefficient (Wildman–Crippen LogP) is 3.99. The number of para-hydroxylation sites is 1. The molecule has 0 aliphatic heterocycles. The van der Waals surface area contributed by atoms with Crippen LogP contribution >= 0.6 is 15.9 Å². The van der Waals surface area contributed by atoms with E-state index in [4.69, 9.17) is 4.74 Å². The van der Waals surface area contributed by atoms with Gasteiger partial charge in [0.1, 0.15) is 11.6 Å². The van der Waals surface area contributed by atoms with Gasteiger partial charge in [-0.25, -0.2) is 4.39 Å². The summed E-state index contributed by atoms with van der Waals surface area (Å²) in [6.45, 7) is 1.63. The van der Waals surface area contributed by atoms with Crippen LogP contribution in [0.4, 0.5) is 10.1 Å². The van der Waals surface area contributed by atoms with E-state index in [0.29, 0.717) is 11.4 Å². The molecule has 0 unspecified atom stereocenters. The second-order valence-corrected chi connectivity index (χ2v) is 5.04. The lowest BCUT2D eigenvalue weighted by Gasteiger charge is -2.15. The average molecular weight is 338 g/mol. The lowest BCUT2D eigenvalue weighted by Crippen LogP contribution is -2.30. The molecule has 1 amide bonds. The van der Waals surface area contributed by atoms with Gasteiger partial charge in [-0.1, -0.05) is 12.1 Å². The van der Waals surface area contributed by atoms with E-state index in [1.165, 1.54) is 24.3 Å². The van der Waals surface area contributed by atoms with Gasteiger partial charge in [-0.05, 0) is 59.3 Å². The zero-order chi connectivity index (χ0) is 14.5. The monoisotopic (exact) mass is 337 g/mol. The minimum absolute atomic E-state index is 0.277. The van der Waals surface area contributed by atoms with Crippen LogP contribution in [0.5, 0.6) is 5.75 Å². The standard InChI is InChI=1S/C15H13BrFNO2/c1-10(20-12-8-6-11(17)7-9-12)15(19)18-14-5-3-2-4-13(14)16/h2-10H,1H3,(H,18,19)/t10-/m1/s1. The lowest BCUT2D eigenvalue weighted by atomic mass is 10.3. The van der Waals surface area contributed by atoms with Crippen LogP contribution in [0.15, 0.2) is 53.0 Å². The van der Waals surface area contributed by atoms with Crippen molar-refractivity contribution in [2.24, 2.45) is 0 Å². The van der Waals surface area contributed by atoms with E-state index in [9.17, 15) is 9.18 Å². The lowest BCUT2D eigenvalue weighted by molar-refractivity contribution is -0.122. The van der Waals surface area contributed by atoms with Crippen LogP contribution in [0.3, 0.4) is 0 Å². The van der Waals surface area contributed by atoms with E-state index in [1.54, 1.807) is 13.0 Å². The minimum atomic E-state index is -0.687. The zero-order valence-electron chi connectivity index (χ0n) is 10.8. The maximum Gasteiger partial charge on any atom is 0.265 e. The molecule has 2 rings (SSSR count). The Morgan fingerprint density at radius 1 is 1.20 bits per heavy atom. The molecule has 0 aliphatic carbocycles. The first-order chi connectivity index (χ1) is 9.56. The molecule has 1 N–H and O–H groups in total. The predicted molar refractivity (Wildman–Crippen MR) is 79.3 cm³/mol. The molecule has 104 valence electrons. The molecule has 0 fully saturated rings. The molecular formula is C15H13BrFNO2. The van der Waals surface area contributed by atoms with Crippen LogP contribution in [0, 0.1) is 5.82 Å². The number of benzene rings is 2. The maximum atomic E-state index is 12.8. The zero-order valence-corrected chi connectivity index (χ0v) is 12.4. The van der Waals surface area contributed by atoms with Gasteiger partial charge < -0.3 is 10.1 Å². The van der Waals surface area contributed by atoms with Crippen molar-refractivity contribution < 1.29 is 13.9 Å². The Kier molecular flexibility index (Phi) is 4.74. The molecule has 0 aliphatic rings. The summed E-state index contributed by atoms with van der Waals surface area (Å²) in [4.78, 5) is 12.0. The Labute approximate surface area is 124 Å². The Bertz CT molecular complexity index is 601. The van der Waals surface area contributed by atoms with Crippen LogP contribution in [-0.2, 0) is 4.79 Å². The number of nitrogens with one attached hydrogen (secondary N) is 1. The molecule has 0 saturated heterocycles. The van der Waals surface area contributed by atoms with Crippen LogP contribution in [0.25, 0.3) is 0 Å². The van der Waals surface area contributed by atoms with Crippen molar-refractivity contribution in [2.75, 3.05) is 5.32 Å². The van der Waals surface area contributed by atoms with Gasteiger partial charge in [-0.3, -0.25) is 4.79 Å². The Hall–Kier alpha value is -1.88. The van der Waals surface area contributed by atoms with Crippen molar-refractivity contribution in [2.45, 2.75) is 13.0 Å². The number of hydrogen-bond donors (Lipinski definition) is 1. The number of amides is 1. The highest BCUT2D eigenvalue weighted by molar-refractivity contribution is 9.10. The molecule has 0 heterocycles. The van der Waals surface area contributed by atoms with Gasteiger partial charge in [0.25, 0.3) is 5.91 Å². The van der Waals surface area contributed by atoms with Gasteiger partial charge in [0, 0.05) is 4.47 Å². The van der Waals surface area contributed by atoms with Crippen molar-refractivity contribution in [1.82, 2.24) is 0 Å². The molecule has 0 spiro atoms. The first kappa shape index (κ1) is 14.5. The van der Waals surface area contributed by atoms with E-state index >= 15 is 0 Å². The number of anilines is 1. The quantitative estimate of drug-likeness (QED) is 0.915. The normalized spacial score (nSPS) is 11.8. The molecular weight excluding hydrogens is 325 g/mol. The van der Waals surface area contributed by atoms with E-state index in [0.717, 1.165) is 4.47 Å². The Balaban J connectivity index is 1.99. The molecule has 0 radical (unpaired) electrons. The summed E-state index contributed by atoms with van der Waals surface area (Å²) in [6.07, 6.45) is -0.687. The van der Waals surface area contributed by atoms with Crippen LogP contribution in [0.2, 0.25) is 0 Å². The smallest absolute Gasteiger partial charge is 0.265 e. The topological polar surface area (TPSA) is 38.3 Å². The number of rotatable bonds is 4. The van der Waals surface area contributed by atoms with Crippen molar-refractivity contribution in [1.29, 1.82) is 0 Å². The highest BCUT2D eigenvalue weighted by Crippen LogP contribution is 2.21. The van der Waals surface area contributed by atoms with Crippen LogP contribution in [0.1, 0.15) is 6.92 Å². The molecule has 0 bridgehead atoms. The summed E-state index contributed by atoms with van der Waals surface area (Å²) in [5, 5.41) is 2.76. The SMILES string of the molecule is C[C@@H](Oc1ccc(F)cc1)C(=O)Nc1ccccc1Br. The molecule has 0 saturated carbocycles. The van der Waals surface area contributed by atoms with E-state index in [2.05, 4.69) is 21.2 Å². The molecule has 2 aromatic rings. The molecule has 2 aromatic carbocycles. The van der Waals surface area contributed by atoms with Crippen molar-refractivity contribution in [3.05, 3.63) is 58.8 Å². The first-order valence-corrected chi connectivity index (χ1v) is 6.83. The van der Waals surface area contributed by atoms with Crippen molar-refractivity contribution in [3.8, 4) is 5.75 Å². The van der Waals surface area contributed by atoms with Crippen LogP contribution < -0.4 is 10.1 Å². The third-order valence-corrected chi connectivity index (χ3v) is 3.32. The fraction of sp³-hybridized carbons (Fsp3) is 0.133.